The Morgan fingerprint density at radius 2 is 2.05 bits per heavy atom. The number of carboxylic acids is 1. The van der Waals surface area contributed by atoms with Crippen LogP contribution in [0.5, 0.6) is 0 Å². The van der Waals surface area contributed by atoms with E-state index in [2.05, 4.69) is 0 Å². The van der Waals surface area contributed by atoms with E-state index in [1.807, 2.05) is 13.8 Å². The summed E-state index contributed by atoms with van der Waals surface area (Å²) in [5.41, 5.74) is -0.324. The standard InChI is InChI=1S/C15H26N2O4/c1-11-5-8-17(12(9-11)13(18)19)14(20)16-7-4-6-15(2,10-16)21-3/h11-12H,4-10H2,1-3H3,(H,18,19). The number of urea groups is 1. The number of ether oxygens (including phenoxy) is 1. The van der Waals surface area contributed by atoms with E-state index < -0.39 is 12.0 Å². The molecule has 6 heteroatoms. The second kappa shape index (κ2) is 6.22. The lowest BCUT2D eigenvalue weighted by atomic mass is 9.92. The SMILES string of the molecule is COC1(C)CCCN(C(=O)N2CCC(C)CC2C(=O)O)C1. The van der Waals surface area contributed by atoms with Gasteiger partial charge in [0, 0.05) is 20.2 Å². The third-order valence-electron chi connectivity index (χ3n) is 4.82. The highest BCUT2D eigenvalue weighted by Crippen LogP contribution is 2.28. The van der Waals surface area contributed by atoms with E-state index in [1.165, 1.54) is 4.90 Å². The summed E-state index contributed by atoms with van der Waals surface area (Å²) < 4.78 is 5.51. The summed E-state index contributed by atoms with van der Waals surface area (Å²) in [7, 11) is 1.66. The Morgan fingerprint density at radius 3 is 2.67 bits per heavy atom. The summed E-state index contributed by atoms with van der Waals surface area (Å²) in [6.45, 7) is 5.77. The summed E-state index contributed by atoms with van der Waals surface area (Å²) in [6.07, 6.45) is 3.21. The van der Waals surface area contributed by atoms with Gasteiger partial charge in [0.25, 0.3) is 0 Å². The molecule has 0 spiro atoms. The van der Waals surface area contributed by atoms with E-state index in [9.17, 15) is 14.7 Å². The minimum atomic E-state index is -0.901. The van der Waals surface area contributed by atoms with Crippen molar-refractivity contribution in [2.24, 2.45) is 5.92 Å². The zero-order valence-electron chi connectivity index (χ0n) is 13.2. The number of carbonyl (C=O) groups excluding carboxylic acids is 1. The Balaban J connectivity index is 2.09. The van der Waals surface area contributed by atoms with Crippen molar-refractivity contribution in [3.63, 3.8) is 0 Å². The van der Waals surface area contributed by atoms with Crippen molar-refractivity contribution in [2.45, 2.75) is 51.2 Å². The molecule has 120 valence electrons. The second-order valence-corrected chi connectivity index (χ2v) is 6.64. The topological polar surface area (TPSA) is 70.1 Å². The maximum atomic E-state index is 12.7. The number of aliphatic carboxylic acids is 1. The predicted molar refractivity (Wildman–Crippen MR) is 78.1 cm³/mol. The Hall–Kier alpha value is -1.30. The summed E-state index contributed by atoms with van der Waals surface area (Å²) in [4.78, 5) is 27.4. The molecule has 1 N–H and O–H groups in total. The molecule has 0 saturated carbocycles. The molecule has 0 aliphatic carbocycles. The molecule has 0 aromatic heterocycles. The van der Waals surface area contributed by atoms with Gasteiger partial charge in [0.05, 0.1) is 12.1 Å². The van der Waals surface area contributed by atoms with Gasteiger partial charge in [0.1, 0.15) is 6.04 Å². The highest BCUT2D eigenvalue weighted by atomic mass is 16.5. The first-order valence-electron chi connectivity index (χ1n) is 7.70. The first-order valence-corrected chi connectivity index (χ1v) is 7.70. The number of carboxylic acid groups (broad SMARTS) is 1. The molecule has 0 bridgehead atoms. The normalized spacial score (nSPS) is 33.9. The Morgan fingerprint density at radius 1 is 1.33 bits per heavy atom. The molecular weight excluding hydrogens is 272 g/mol. The third kappa shape index (κ3) is 3.48. The lowest BCUT2D eigenvalue weighted by Crippen LogP contribution is -2.58. The van der Waals surface area contributed by atoms with Crippen molar-refractivity contribution < 1.29 is 19.4 Å². The molecule has 2 aliphatic rings. The number of nitrogens with zero attached hydrogens (tertiary/aromatic N) is 2. The fourth-order valence-corrected chi connectivity index (χ4v) is 3.32. The van der Waals surface area contributed by atoms with Gasteiger partial charge in [-0.25, -0.2) is 9.59 Å². The van der Waals surface area contributed by atoms with Crippen molar-refractivity contribution in [3.8, 4) is 0 Å². The van der Waals surface area contributed by atoms with E-state index in [4.69, 9.17) is 4.74 Å². The zero-order valence-corrected chi connectivity index (χ0v) is 13.2. The maximum absolute atomic E-state index is 12.7. The molecule has 2 fully saturated rings. The van der Waals surface area contributed by atoms with Crippen molar-refractivity contribution in [1.82, 2.24) is 9.80 Å². The van der Waals surface area contributed by atoms with E-state index in [-0.39, 0.29) is 11.6 Å². The molecule has 0 aromatic carbocycles. The van der Waals surface area contributed by atoms with Gasteiger partial charge in [-0.1, -0.05) is 6.92 Å². The minimum absolute atomic E-state index is 0.155. The van der Waals surface area contributed by atoms with Crippen molar-refractivity contribution >= 4 is 12.0 Å². The third-order valence-corrected chi connectivity index (χ3v) is 4.82. The molecule has 2 heterocycles. The first-order chi connectivity index (χ1) is 9.86. The van der Waals surface area contributed by atoms with Gasteiger partial charge < -0.3 is 19.6 Å². The van der Waals surface area contributed by atoms with Gasteiger partial charge in [0.15, 0.2) is 0 Å². The van der Waals surface area contributed by atoms with Crippen LogP contribution in [0, 0.1) is 5.92 Å². The average Bonchev–Trinajstić information content (AvgIpc) is 2.46. The van der Waals surface area contributed by atoms with Crippen LogP contribution in [0.15, 0.2) is 0 Å². The summed E-state index contributed by atoms with van der Waals surface area (Å²) in [5, 5.41) is 9.39. The van der Waals surface area contributed by atoms with Crippen LogP contribution < -0.4 is 0 Å². The largest absolute Gasteiger partial charge is 0.480 e. The van der Waals surface area contributed by atoms with E-state index in [0.717, 1.165) is 19.3 Å². The Bertz CT molecular complexity index is 414. The summed E-state index contributed by atoms with van der Waals surface area (Å²) in [5.74, 6) is -0.554. The molecule has 2 rings (SSSR count). The van der Waals surface area contributed by atoms with Crippen molar-refractivity contribution in [1.29, 1.82) is 0 Å². The summed E-state index contributed by atoms with van der Waals surface area (Å²) in [6, 6.07) is -0.853. The van der Waals surface area contributed by atoms with Crippen LogP contribution in [0.3, 0.4) is 0 Å². The van der Waals surface area contributed by atoms with Gasteiger partial charge in [-0.15, -0.1) is 0 Å². The first kappa shape index (κ1) is 16.1. The smallest absolute Gasteiger partial charge is 0.326 e. The van der Waals surface area contributed by atoms with Gasteiger partial charge >= 0.3 is 12.0 Å². The Labute approximate surface area is 126 Å². The monoisotopic (exact) mass is 298 g/mol. The number of likely N-dealkylation sites (tertiary alicyclic amines) is 2. The molecule has 6 nitrogen and oxygen atoms in total. The van der Waals surface area contributed by atoms with Crippen LogP contribution in [0.4, 0.5) is 4.79 Å². The van der Waals surface area contributed by atoms with Gasteiger partial charge in [-0.3, -0.25) is 0 Å². The highest BCUT2D eigenvalue weighted by Gasteiger charge is 2.40. The average molecular weight is 298 g/mol. The number of rotatable bonds is 2. The number of methoxy groups -OCH3 is 1. The van der Waals surface area contributed by atoms with Crippen LogP contribution in [0.2, 0.25) is 0 Å². The number of amides is 2. The molecule has 3 unspecified atom stereocenters. The number of carbonyl (C=O) groups is 2. The number of piperidine rings is 2. The van der Waals surface area contributed by atoms with Crippen LogP contribution in [0.25, 0.3) is 0 Å². The lowest BCUT2D eigenvalue weighted by Gasteiger charge is -2.44. The highest BCUT2D eigenvalue weighted by molar-refractivity contribution is 5.83. The lowest BCUT2D eigenvalue weighted by molar-refractivity contribution is -0.144. The van der Waals surface area contributed by atoms with Crippen molar-refractivity contribution in [2.75, 3.05) is 26.7 Å². The fraction of sp³-hybridized carbons (Fsp3) is 0.867. The molecule has 21 heavy (non-hydrogen) atoms. The van der Waals surface area contributed by atoms with E-state index in [0.29, 0.717) is 32.0 Å². The zero-order chi connectivity index (χ0) is 15.6. The molecule has 2 amide bonds. The van der Waals surface area contributed by atoms with E-state index in [1.54, 1.807) is 12.0 Å². The predicted octanol–water partition coefficient (Wildman–Crippen LogP) is 1.79. The van der Waals surface area contributed by atoms with Crippen LogP contribution >= 0.6 is 0 Å². The second-order valence-electron chi connectivity index (χ2n) is 6.64. The van der Waals surface area contributed by atoms with E-state index >= 15 is 0 Å². The minimum Gasteiger partial charge on any atom is -0.480 e. The molecular formula is C15H26N2O4. The van der Waals surface area contributed by atoms with Crippen LogP contribution in [-0.4, -0.2) is 65.3 Å². The van der Waals surface area contributed by atoms with Gasteiger partial charge in [-0.05, 0) is 38.5 Å². The van der Waals surface area contributed by atoms with Gasteiger partial charge in [-0.2, -0.15) is 0 Å². The number of hydrogen-bond acceptors (Lipinski definition) is 3. The van der Waals surface area contributed by atoms with Crippen molar-refractivity contribution in [3.05, 3.63) is 0 Å². The van der Waals surface area contributed by atoms with Gasteiger partial charge in [0.2, 0.25) is 0 Å². The molecule has 3 atom stereocenters. The maximum Gasteiger partial charge on any atom is 0.326 e. The number of hydrogen-bond donors (Lipinski definition) is 1. The van der Waals surface area contributed by atoms with Crippen LogP contribution in [-0.2, 0) is 9.53 Å². The molecule has 2 aliphatic heterocycles. The van der Waals surface area contributed by atoms with Crippen LogP contribution in [0.1, 0.15) is 39.5 Å². The quantitative estimate of drug-likeness (QED) is 0.844. The molecule has 2 saturated heterocycles. The molecule has 0 aromatic rings. The Kier molecular flexibility index (Phi) is 4.76. The fourth-order valence-electron chi connectivity index (χ4n) is 3.32. The molecule has 0 radical (unpaired) electrons. The summed E-state index contributed by atoms with van der Waals surface area (Å²) >= 11 is 0.